The van der Waals surface area contributed by atoms with E-state index in [1.54, 1.807) is 18.5 Å². The zero-order valence-electron chi connectivity index (χ0n) is 10.6. The lowest BCUT2D eigenvalue weighted by Crippen LogP contribution is -2.28. The van der Waals surface area contributed by atoms with E-state index in [1.807, 2.05) is 0 Å². The summed E-state index contributed by atoms with van der Waals surface area (Å²) in [7, 11) is -4.01. The number of nitrogens with one attached hydrogen (secondary N) is 2. The van der Waals surface area contributed by atoms with Crippen LogP contribution >= 0.6 is 11.3 Å². The molecule has 0 radical (unpaired) electrons. The fourth-order valence-corrected chi connectivity index (χ4v) is 3.93. The number of aromatic carboxylic acids is 1. The molecule has 1 unspecified atom stereocenters. The van der Waals surface area contributed by atoms with Gasteiger partial charge in [-0.3, -0.25) is 5.10 Å². The number of nitrogens with zero attached hydrogens (tertiary/aromatic N) is 2. The monoisotopic (exact) mass is 316 g/mol. The zero-order valence-corrected chi connectivity index (χ0v) is 12.2. The van der Waals surface area contributed by atoms with E-state index in [4.69, 9.17) is 5.11 Å². The Bertz CT molecular complexity index is 721. The zero-order chi connectivity index (χ0) is 14.9. The average Bonchev–Trinajstić information content (AvgIpc) is 2.96. The molecule has 2 heterocycles. The molecule has 20 heavy (non-hydrogen) atoms. The third-order valence-corrected chi connectivity index (χ3v) is 5.18. The number of sulfonamides is 1. The van der Waals surface area contributed by atoms with Crippen molar-refractivity contribution in [3.63, 3.8) is 0 Å². The number of aromatic amines is 1. The van der Waals surface area contributed by atoms with Gasteiger partial charge in [0.05, 0.1) is 11.7 Å². The molecule has 0 aromatic carbocycles. The smallest absolute Gasteiger partial charge is 0.357 e. The van der Waals surface area contributed by atoms with Gasteiger partial charge in [-0.25, -0.2) is 22.9 Å². The van der Waals surface area contributed by atoms with Crippen molar-refractivity contribution >= 4 is 27.3 Å². The number of hydrogen-bond acceptors (Lipinski definition) is 6. The van der Waals surface area contributed by atoms with Gasteiger partial charge in [0.1, 0.15) is 9.90 Å². The lowest BCUT2D eigenvalue weighted by Gasteiger charge is -2.11. The summed E-state index contributed by atoms with van der Waals surface area (Å²) in [5.41, 5.74) is -0.359. The molecular weight excluding hydrogens is 304 g/mol. The van der Waals surface area contributed by atoms with Crippen LogP contribution in [0.4, 0.5) is 0 Å². The second-order valence-corrected chi connectivity index (χ2v) is 6.62. The summed E-state index contributed by atoms with van der Waals surface area (Å²) >= 11 is 1.31. The molecule has 0 bridgehead atoms. The van der Waals surface area contributed by atoms with Crippen molar-refractivity contribution in [1.29, 1.82) is 0 Å². The minimum absolute atomic E-state index is 0.168. The average molecular weight is 316 g/mol. The Kier molecular flexibility index (Phi) is 3.88. The molecule has 3 N–H and O–H groups in total. The van der Waals surface area contributed by atoms with E-state index in [0.717, 1.165) is 0 Å². The molecular formula is C10H12N4O4S2. The Balaban J connectivity index is 2.36. The van der Waals surface area contributed by atoms with E-state index in [2.05, 4.69) is 19.9 Å². The van der Waals surface area contributed by atoms with Crippen LogP contribution < -0.4 is 4.72 Å². The largest absolute Gasteiger partial charge is 0.476 e. The van der Waals surface area contributed by atoms with Gasteiger partial charge in [-0.1, -0.05) is 0 Å². The number of carbonyl (C=O) groups is 1. The molecule has 108 valence electrons. The molecule has 0 saturated heterocycles. The van der Waals surface area contributed by atoms with E-state index in [-0.39, 0.29) is 10.6 Å². The van der Waals surface area contributed by atoms with Crippen molar-refractivity contribution in [2.24, 2.45) is 0 Å². The van der Waals surface area contributed by atoms with Crippen molar-refractivity contribution in [3.8, 4) is 0 Å². The standard InChI is InChI=1S/C10H12N4O4S2/c1-5-8(7(10(15)16)13-12-5)20(17,18)14-6(2)9-11-3-4-19-9/h3-4,6,14H,1-2H3,(H,12,13)(H,15,16). The van der Waals surface area contributed by atoms with Crippen LogP contribution in [0.15, 0.2) is 16.5 Å². The predicted octanol–water partition coefficient (Wildman–Crippen LogP) is 0.912. The fourth-order valence-electron chi connectivity index (χ4n) is 1.68. The van der Waals surface area contributed by atoms with Crippen molar-refractivity contribution in [2.45, 2.75) is 24.8 Å². The van der Waals surface area contributed by atoms with Crippen molar-refractivity contribution < 1.29 is 18.3 Å². The molecule has 0 saturated carbocycles. The number of hydrogen-bond donors (Lipinski definition) is 3. The van der Waals surface area contributed by atoms with Crippen molar-refractivity contribution in [2.75, 3.05) is 0 Å². The molecule has 0 aliphatic carbocycles. The molecule has 0 amide bonds. The summed E-state index contributed by atoms with van der Waals surface area (Å²) in [6.45, 7) is 3.08. The number of aryl methyl sites for hydroxylation is 1. The van der Waals surface area contributed by atoms with Crippen LogP contribution in [0.1, 0.15) is 34.2 Å². The fraction of sp³-hybridized carbons (Fsp3) is 0.300. The molecule has 2 aromatic heterocycles. The van der Waals surface area contributed by atoms with E-state index >= 15 is 0 Å². The second-order valence-electron chi connectivity index (χ2n) is 4.04. The molecule has 0 aliphatic rings. The SMILES string of the molecule is Cc1[nH]nc(C(=O)O)c1S(=O)(=O)NC(C)c1nccs1. The van der Waals surface area contributed by atoms with Gasteiger partial charge in [0.15, 0.2) is 5.69 Å². The quantitative estimate of drug-likeness (QED) is 0.753. The minimum atomic E-state index is -4.01. The van der Waals surface area contributed by atoms with Gasteiger partial charge < -0.3 is 5.11 Å². The van der Waals surface area contributed by atoms with Crippen molar-refractivity contribution in [1.82, 2.24) is 19.9 Å². The number of aromatic nitrogens is 3. The van der Waals surface area contributed by atoms with E-state index < -0.39 is 27.7 Å². The first kappa shape index (κ1) is 14.6. The summed E-state index contributed by atoms with van der Waals surface area (Å²) < 4.78 is 27.0. The molecule has 2 rings (SSSR count). The third-order valence-electron chi connectivity index (χ3n) is 2.52. The lowest BCUT2D eigenvalue weighted by molar-refractivity contribution is 0.0686. The second kappa shape index (κ2) is 5.31. The highest BCUT2D eigenvalue weighted by Crippen LogP contribution is 2.22. The summed E-state index contributed by atoms with van der Waals surface area (Å²) in [4.78, 5) is 14.7. The molecule has 2 aromatic rings. The molecule has 0 aliphatic heterocycles. The first-order chi connectivity index (χ1) is 9.33. The molecule has 0 fully saturated rings. The Hall–Kier alpha value is -1.78. The van der Waals surface area contributed by atoms with Gasteiger partial charge in [-0.15, -0.1) is 11.3 Å². The molecule has 10 heteroatoms. The van der Waals surface area contributed by atoms with Crippen LogP contribution in [0.25, 0.3) is 0 Å². The van der Waals surface area contributed by atoms with Crippen LogP contribution in [0, 0.1) is 6.92 Å². The number of carboxylic acid groups (broad SMARTS) is 1. The predicted molar refractivity (Wildman–Crippen MR) is 71.1 cm³/mol. The maximum Gasteiger partial charge on any atom is 0.357 e. The van der Waals surface area contributed by atoms with Crippen LogP contribution in [-0.4, -0.2) is 34.7 Å². The highest BCUT2D eigenvalue weighted by Gasteiger charge is 2.30. The molecule has 1 atom stereocenters. The number of thiazole rings is 1. The first-order valence-corrected chi connectivity index (χ1v) is 7.89. The van der Waals surface area contributed by atoms with E-state index in [0.29, 0.717) is 5.01 Å². The van der Waals surface area contributed by atoms with Gasteiger partial charge in [0.2, 0.25) is 10.0 Å². The van der Waals surface area contributed by atoms with Crippen LogP contribution in [0.5, 0.6) is 0 Å². The Morgan fingerprint density at radius 2 is 2.25 bits per heavy atom. The third kappa shape index (κ3) is 2.71. The topological polar surface area (TPSA) is 125 Å². The lowest BCUT2D eigenvalue weighted by atomic mass is 10.4. The van der Waals surface area contributed by atoms with E-state index in [9.17, 15) is 13.2 Å². The Morgan fingerprint density at radius 1 is 1.55 bits per heavy atom. The Morgan fingerprint density at radius 3 is 2.80 bits per heavy atom. The van der Waals surface area contributed by atoms with Gasteiger partial charge in [-0.2, -0.15) is 5.10 Å². The van der Waals surface area contributed by atoms with Gasteiger partial charge in [0, 0.05) is 11.6 Å². The van der Waals surface area contributed by atoms with Crippen LogP contribution in [0.2, 0.25) is 0 Å². The van der Waals surface area contributed by atoms with Crippen LogP contribution in [-0.2, 0) is 10.0 Å². The summed E-state index contributed by atoms with van der Waals surface area (Å²) in [5.74, 6) is -1.41. The highest BCUT2D eigenvalue weighted by molar-refractivity contribution is 7.89. The van der Waals surface area contributed by atoms with Gasteiger partial charge >= 0.3 is 5.97 Å². The Labute approximate surface area is 118 Å². The number of rotatable bonds is 5. The summed E-state index contributed by atoms with van der Waals surface area (Å²) in [6, 6.07) is -0.559. The van der Waals surface area contributed by atoms with Gasteiger partial charge in [0.25, 0.3) is 0 Å². The van der Waals surface area contributed by atoms with Gasteiger partial charge in [-0.05, 0) is 13.8 Å². The maximum absolute atomic E-state index is 12.3. The van der Waals surface area contributed by atoms with Crippen LogP contribution in [0.3, 0.4) is 0 Å². The first-order valence-electron chi connectivity index (χ1n) is 5.53. The normalized spacial score (nSPS) is 13.3. The van der Waals surface area contributed by atoms with E-state index in [1.165, 1.54) is 18.3 Å². The molecule has 8 nitrogen and oxygen atoms in total. The molecule has 0 spiro atoms. The number of carboxylic acids is 1. The number of H-pyrrole nitrogens is 1. The maximum atomic E-state index is 12.3. The summed E-state index contributed by atoms with van der Waals surface area (Å²) in [5, 5.41) is 17.2. The minimum Gasteiger partial charge on any atom is -0.476 e. The summed E-state index contributed by atoms with van der Waals surface area (Å²) in [6.07, 6.45) is 1.57. The highest BCUT2D eigenvalue weighted by atomic mass is 32.2. The van der Waals surface area contributed by atoms with Crippen molar-refractivity contribution in [3.05, 3.63) is 28.0 Å².